The quantitative estimate of drug-likeness (QED) is 0.854. The highest BCUT2D eigenvalue weighted by Gasteiger charge is 2.24. The predicted octanol–water partition coefficient (Wildman–Crippen LogP) is 3.67. The third-order valence-electron chi connectivity index (χ3n) is 2.65. The summed E-state index contributed by atoms with van der Waals surface area (Å²) < 4.78 is 0.983. The van der Waals surface area contributed by atoms with Gasteiger partial charge in [-0.2, -0.15) is 0 Å². The van der Waals surface area contributed by atoms with Crippen LogP contribution >= 0.6 is 15.9 Å². The normalized spacial score (nSPS) is 19.0. The number of amides is 2. The molecule has 0 spiro atoms. The molecule has 2 amide bonds. The van der Waals surface area contributed by atoms with Crippen molar-refractivity contribution in [3.8, 4) is 0 Å². The Labute approximate surface area is 104 Å². The van der Waals surface area contributed by atoms with Crippen LogP contribution in [0.1, 0.15) is 31.9 Å². The summed E-state index contributed by atoms with van der Waals surface area (Å²) in [4.78, 5) is 11.5. The molecule has 0 aromatic heterocycles. The Bertz CT molecular complexity index is 417. The maximum absolute atomic E-state index is 11.5. The van der Waals surface area contributed by atoms with E-state index in [0.29, 0.717) is 5.92 Å². The van der Waals surface area contributed by atoms with Crippen LogP contribution in [0.2, 0.25) is 0 Å². The lowest BCUT2D eigenvalue weighted by molar-refractivity contribution is 0.245. The largest absolute Gasteiger partial charge is 0.331 e. The van der Waals surface area contributed by atoms with Crippen molar-refractivity contribution in [2.45, 2.75) is 26.3 Å². The first kappa shape index (κ1) is 11.5. The van der Waals surface area contributed by atoms with Crippen LogP contribution in [0.25, 0.3) is 0 Å². The molecule has 1 unspecified atom stereocenters. The van der Waals surface area contributed by atoms with Gasteiger partial charge in [-0.3, -0.25) is 0 Å². The molecular formula is C12H15BrN2O. The van der Waals surface area contributed by atoms with E-state index in [1.807, 2.05) is 12.1 Å². The van der Waals surface area contributed by atoms with E-state index in [4.69, 9.17) is 0 Å². The number of halogens is 1. The Hall–Kier alpha value is -1.03. The van der Waals surface area contributed by atoms with Crippen LogP contribution in [-0.2, 0) is 0 Å². The van der Waals surface area contributed by atoms with E-state index in [1.165, 1.54) is 0 Å². The molecular weight excluding hydrogens is 268 g/mol. The number of anilines is 1. The monoisotopic (exact) mass is 282 g/mol. The van der Waals surface area contributed by atoms with E-state index in [1.54, 1.807) is 0 Å². The lowest BCUT2D eigenvalue weighted by Gasteiger charge is -2.28. The summed E-state index contributed by atoms with van der Waals surface area (Å²) in [5, 5.41) is 5.78. The molecule has 1 aliphatic rings. The molecule has 0 fully saturated rings. The molecule has 0 saturated heterocycles. The first-order valence-electron chi connectivity index (χ1n) is 5.43. The second-order valence-electron chi connectivity index (χ2n) is 4.51. The Morgan fingerprint density at radius 1 is 1.44 bits per heavy atom. The lowest BCUT2D eigenvalue weighted by Crippen LogP contribution is -2.38. The summed E-state index contributed by atoms with van der Waals surface area (Å²) in [7, 11) is 0. The van der Waals surface area contributed by atoms with Gasteiger partial charge in [0.05, 0.1) is 6.04 Å². The maximum Gasteiger partial charge on any atom is 0.319 e. The van der Waals surface area contributed by atoms with Crippen molar-refractivity contribution < 1.29 is 4.79 Å². The standard InChI is InChI=1S/C12H15BrN2O/c1-7(2)5-10-9-4-3-8(13)6-11(9)15-12(16)14-10/h3-4,6-7,10H,5H2,1-2H3,(H2,14,15,16). The molecule has 0 aliphatic carbocycles. The Balaban J connectivity index is 2.34. The molecule has 1 aromatic rings. The number of nitrogens with one attached hydrogen (secondary N) is 2. The van der Waals surface area contributed by atoms with E-state index in [0.717, 1.165) is 22.1 Å². The van der Waals surface area contributed by atoms with Crippen LogP contribution < -0.4 is 10.6 Å². The highest BCUT2D eigenvalue weighted by molar-refractivity contribution is 9.10. The molecule has 2 rings (SSSR count). The third-order valence-corrected chi connectivity index (χ3v) is 3.14. The summed E-state index contributed by atoms with van der Waals surface area (Å²) in [6.07, 6.45) is 0.960. The fourth-order valence-corrected chi connectivity index (χ4v) is 2.35. The molecule has 0 bridgehead atoms. The van der Waals surface area contributed by atoms with E-state index in [9.17, 15) is 4.79 Å². The molecule has 1 atom stereocenters. The van der Waals surface area contributed by atoms with Crippen LogP contribution in [0.3, 0.4) is 0 Å². The molecule has 1 aliphatic heterocycles. The third kappa shape index (κ3) is 2.38. The predicted molar refractivity (Wildman–Crippen MR) is 68.5 cm³/mol. The maximum atomic E-state index is 11.5. The second-order valence-corrected chi connectivity index (χ2v) is 5.43. The SMILES string of the molecule is CC(C)CC1NC(=O)Nc2cc(Br)ccc21. The molecule has 0 radical (unpaired) electrons. The van der Waals surface area contributed by atoms with Crippen molar-refractivity contribution in [3.05, 3.63) is 28.2 Å². The smallest absolute Gasteiger partial charge is 0.319 e. The number of hydrogen-bond acceptors (Lipinski definition) is 1. The number of hydrogen-bond donors (Lipinski definition) is 2. The molecule has 4 heteroatoms. The average Bonchev–Trinajstić information content (AvgIpc) is 2.15. The van der Waals surface area contributed by atoms with Gasteiger partial charge in [-0.25, -0.2) is 4.79 Å². The minimum absolute atomic E-state index is 0.115. The van der Waals surface area contributed by atoms with E-state index in [-0.39, 0.29) is 12.1 Å². The zero-order chi connectivity index (χ0) is 11.7. The van der Waals surface area contributed by atoms with Crippen molar-refractivity contribution in [3.63, 3.8) is 0 Å². The van der Waals surface area contributed by atoms with Crippen molar-refractivity contribution in [2.24, 2.45) is 5.92 Å². The Morgan fingerprint density at radius 3 is 2.88 bits per heavy atom. The first-order valence-corrected chi connectivity index (χ1v) is 6.22. The number of carbonyl (C=O) groups is 1. The fourth-order valence-electron chi connectivity index (χ4n) is 1.99. The van der Waals surface area contributed by atoms with Gasteiger partial charge in [0, 0.05) is 10.2 Å². The van der Waals surface area contributed by atoms with E-state index in [2.05, 4.69) is 46.5 Å². The Kier molecular flexibility index (Phi) is 3.19. The molecule has 3 nitrogen and oxygen atoms in total. The van der Waals surface area contributed by atoms with Crippen LogP contribution in [0.15, 0.2) is 22.7 Å². The van der Waals surface area contributed by atoms with Gasteiger partial charge in [0.2, 0.25) is 0 Å². The zero-order valence-electron chi connectivity index (χ0n) is 9.38. The van der Waals surface area contributed by atoms with Crippen LogP contribution in [-0.4, -0.2) is 6.03 Å². The van der Waals surface area contributed by atoms with Gasteiger partial charge >= 0.3 is 6.03 Å². The van der Waals surface area contributed by atoms with Crippen LogP contribution in [0.5, 0.6) is 0 Å². The minimum Gasteiger partial charge on any atom is -0.331 e. The number of rotatable bonds is 2. The van der Waals surface area contributed by atoms with Gasteiger partial charge in [0.1, 0.15) is 0 Å². The number of fused-ring (bicyclic) bond motifs is 1. The summed E-state index contributed by atoms with van der Waals surface area (Å²) in [6, 6.07) is 6.01. The summed E-state index contributed by atoms with van der Waals surface area (Å²) in [6.45, 7) is 4.32. The fraction of sp³-hybridized carbons (Fsp3) is 0.417. The molecule has 86 valence electrons. The molecule has 16 heavy (non-hydrogen) atoms. The van der Waals surface area contributed by atoms with Crippen molar-refractivity contribution in [1.82, 2.24) is 5.32 Å². The first-order chi connectivity index (χ1) is 7.56. The number of benzene rings is 1. The summed E-state index contributed by atoms with van der Waals surface area (Å²) in [5.41, 5.74) is 2.07. The summed E-state index contributed by atoms with van der Waals surface area (Å²) >= 11 is 3.41. The second kappa shape index (κ2) is 4.45. The van der Waals surface area contributed by atoms with Crippen LogP contribution in [0, 0.1) is 5.92 Å². The van der Waals surface area contributed by atoms with Gasteiger partial charge in [-0.05, 0) is 30.0 Å². The summed E-state index contributed by atoms with van der Waals surface area (Å²) in [5.74, 6) is 0.555. The molecule has 1 aromatic carbocycles. The Morgan fingerprint density at radius 2 is 2.19 bits per heavy atom. The number of urea groups is 1. The van der Waals surface area contributed by atoms with Crippen molar-refractivity contribution in [1.29, 1.82) is 0 Å². The highest BCUT2D eigenvalue weighted by Crippen LogP contribution is 2.32. The topological polar surface area (TPSA) is 41.1 Å². The van der Waals surface area contributed by atoms with Gasteiger partial charge < -0.3 is 10.6 Å². The molecule has 2 N–H and O–H groups in total. The molecule has 1 heterocycles. The van der Waals surface area contributed by atoms with E-state index >= 15 is 0 Å². The van der Waals surface area contributed by atoms with Gasteiger partial charge in [-0.1, -0.05) is 35.8 Å². The zero-order valence-corrected chi connectivity index (χ0v) is 11.0. The highest BCUT2D eigenvalue weighted by atomic mass is 79.9. The number of carbonyl (C=O) groups excluding carboxylic acids is 1. The molecule has 0 saturated carbocycles. The van der Waals surface area contributed by atoms with Crippen molar-refractivity contribution >= 4 is 27.6 Å². The van der Waals surface area contributed by atoms with E-state index < -0.39 is 0 Å². The van der Waals surface area contributed by atoms with Gasteiger partial charge in [0.15, 0.2) is 0 Å². The van der Waals surface area contributed by atoms with Crippen molar-refractivity contribution in [2.75, 3.05) is 5.32 Å². The van der Waals surface area contributed by atoms with Crippen LogP contribution in [0.4, 0.5) is 10.5 Å². The minimum atomic E-state index is -0.115. The average molecular weight is 283 g/mol. The van der Waals surface area contributed by atoms with Gasteiger partial charge in [0.25, 0.3) is 0 Å². The lowest BCUT2D eigenvalue weighted by atomic mass is 9.94. The van der Waals surface area contributed by atoms with Gasteiger partial charge in [-0.15, -0.1) is 0 Å².